The van der Waals surface area contributed by atoms with Gasteiger partial charge in [-0.1, -0.05) is 0 Å². The van der Waals surface area contributed by atoms with E-state index in [0.717, 1.165) is 0 Å². The zero-order valence-electron chi connectivity index (χ0n) is 6.20. The van der Waals surface area contributed by atoms with Gasteiger partial charge in [0.25, 0.3) is 0 Å². The average Bonchev–Trinajstić information content (AvgIpc) is 1.79. The summed E-state index contributed by atoms with van der Waals surface area (Å²) in [6, 6.07) is 0. The number of rotatable bonds is 1. The van der Waals surface area contributed by atoms with Crippen molar-refractivity contribution in [3.8, 4) is 0 Å². The van der Waals surface area contributed by atoms with Crippen LogP contribution in [-0.4, -0.2) is 26.9 Å². The predicted molar refractivity (Wildman–Crippen MR) is 37.6 cm³/mol. The highest BCUT2D eigenvalue weighted by Gasteiger charge is 2.64. The van der Waals surface area contributed by atoms with Crippen LogP contribution < -0.4 is 0 Å². The fourth-order valence-corrected chi connectivity index (χ4v) is 0.124. The summed E-state index contributed by atoms with van der Waals surface area (Å²) < 4.78 is 94.9. The lowest BCUT2D eigenvalue weighted by atomic mass is 10.3. The monoisotopic (exact) mass is 304 g/mol. The van der Waals surface area contributed by atoms with E-state index in [4.69, 9.17) is 8.42 Å². The van der Waals surface area contributed by atoms with Gasteiger partial charge in [0.2, 0.25) is 0 Å². The second-order valence-corrected chi connectivity index (χ2v) is 5.47. The van der Waals surface area contributed by atoms with E-state index in [1.54, 1.807) is 0 Å². The molecule has 0 N–H and O–H groups in total. The lowest BCUT2D eigenvalue weighted by Gasteiger charge is -2.17. The van der Waals surface area contributed by atoms with Gasteiger partial charge >= 0.3 is 26.8 Å². The van der Waals surface area contributed by atoms with Gasteiger partial charge in [-0.25, -0.2) is 8.78 Å². The SMILES string of the molecule is FC(F)C(F)(F)C(F)(F)F.O=S(=O)(Cl)Cl. The molecule has 0 saturated heterocycles. The Labute approximate surface area is 87.9 Å². The number of halogens is 9. The summed E-state index contributed by atoms with van der Waals surface area (Å²) in [5.41, 5.74) is 0. The third-order valence-corrected chi connectivity index (χ3v) is 0.652. The van der Waals surface area contributed by atoms with Crippen LogP contribution in [0, 0.1) is 0 Å². The smallest absolute Gasteiger partial charge is 0.203 e. The molecule has 0 heterocycles. The largest absolute Gasteiger partial charge is 0.459 e. The van der Waals surface area contributed by atoms with E-state index in [0.29, 0.717) is 0 Å². The Bertz CT molecular complexity index is 275. The molecule has 94 valence electrons. The number of alkyl halides is 7. The standard InChI is InChI=1S/C3HF7.Cl2O2S/c4-1(5)2(6,7)3(8,9)10;1-5(2,3)4/h1H;. The Morgan fingerprint density at radius 3 is 1.13 bits per heavy atom. The van der Waals surface area contributed by atoms with E-state index < -0.39 is 26.8 Å². The van der Waals surface area contributed by atoms with Crippen LogP contribution in [0.1, 0.15) is 0 Å². The molecule has 0 aromatic heterocycles. The van der Waals surface area contributed by atoms with Crippen LogP contribution in [0.3, 0.4) is 0 Å². The fourth-order valence-electron chi connectivity index (χ4n) is 0.124. The Balaban J connectivity index is 0. The van der Waals surface area contributed by atoms with Gasteiger partial charge in [-0.05, 0) is 0 Å². The molecule has 0 radical (unpaired) electrons. The van der Waals surface area contributed by atoms with Crippen LogP contribution in [-0.2, 0) is 8.26 Å². The molecule has 15 heavy (non-hydrogen) atoms. The third kappa shape index (κ3) is 9.00. The van der Waals surface area contributed by atoms with Gasteiger partial charge in [-0.15, -0.1) is 0 Å². The maximum absolute atomic E-state index is 11.2. The van der Waals surface area contributed by atoms with E-state index in [-0.39, 0.29) is 0 Å². The molecule has 0 aliphatic carbocycles. The molecular weight excluding hydrogens is 304 g/mol. The molecule has 0 fully saturated rings. The highest BCUT2D eigenvalue weighted by Crippen LogP contribution is 2.39. The maximum atomic E-state index is 11.2. The van der Waals surface area contributed by atoms with Gasteiger partial charge in [0.05, 0.1) is 0 Å². The molecule has 0 aromatic rings. The van der Waals surface area contributed by atoms with Crippen molar-refractivity contribution in [1.29, 1.82) is 0 Å². The van der Waals surface area contributed by atoms with Gasteiger partial charge in [0, 0.05) is 21.4 Å². The van der Waals surface area contributed by atoms with Crippen LogP contribution in [0.15, 0.2) is 0 Å². The zero-order valence-corrected chi connectivity index (χ0v) is 8.53. The minimum atomic E-state index is -6.17. The first-order valence-corrected chi connectivity index (χ1v) is 5.70. The Morgan fingerprint density at radius 2 is 1.13 bits per heavy atom. The van der Waals surface area contributed by atoms with Gasteiger partial charge in [-0.2, -0.15) is 30.4 Å². The van der Waals surface area contributed by atoms with Crippen molar-refractivity contribution in [2.75, 3.05) is 0 Å². The molecule has 2 nitrogen and oxygen atoms in total. The van der Waals surface area contributed by atoms with Crippen molar-refractivity contribution >= 4 is 29.6 Å². The lowest BCUT2D eigenvalue weighted by molar-refractivity contribution is -0.320. The van der Waals surface area contributed by atoms with Crippen molar-refractivity contribution in [2.45, 2.75) is 18.5 Å². The van der Waals surface area contributed by atoms with Gasteiger partial charge in [0.15, 0.2) is 0 Å². The highest BCUT2D eigenvalue weighted by atomic mass is 36.0. The molecule has 0 spiro atoms. The van der Waals surface area contributed by atoms with Crippen LogP contribution in [0.4, 0.5) is 30.7 Å². The Kier molecular flexibility index (Phi) is 6.27. The summed E-state index contributed by atoms with van der Waals surface area (Å²) in [6.07, 6.45) is -10.9. The molecule has 0 amide bonds. The molecule has 0 aromatic carbocycles. The molecule has 0 bridgehead atoms. The summed E-state index contributed by atoms with van der Waals surface area (Å²) >= 11 is 0. The minimum absolute atomic E-state index is 3.72. The molecule has 0 atom stereocenters. The molecule has 0 unspecified atom stereocenters. The fraction of sp³-hybridized carbons (Fsp3) is 1.00. The van der Waals surface area contributed by atoms with E-state index >= 15 is 0 Å². The normalized spacial score (nSPS) is 13.5. The summed E-state index contributed by atoms with van der Waals surface area (Å²) in [7, 11) is 4.81. The van der Waals surface area contributed by atoms with Gasteiger partial charge in [0.1, 0.15) is 0 Å². The van der Waals surface area contributed by atoms with E-state index in [1.165, 1.54) is 0 Å². The first-order chi connectivity index (χ1) is 6.19. The van der Waals surface area contributed by atoms with Crippen molar-refractivity contribution in [2.24, 2.45) is 0 Å². The van der Waals surface area contributed by atoms with Gasteiger partial charge < -0.3 is 0 Å². The van der Waals surface area contributed by atoms with Crippen LogP contribution in [0.2, 0.25) is 0 Å². The molecule has 0 aliphatic heterocycles. The molecule has 0 aliphatic rings. The van der Waals surface area contributed by atoms with E-state index in [9.17, 15) is 30.7 Å². The first kappa shape index (κ1) is 17.4. The van der Waals surface area contributed by atoms with Crippen molar-refractivity contribution < 1.29 is 39.2 Å². The molecule has 0 rings (SSSR count). The number of hydrogen-bond acceptors (Lipinski definition) is 2. The highest BCUT2D eigenvalue weighted by molar-refractivity contribution is 8.31. The molecule has 0 saturated carbocycles. The van der Waals surface area contributed by atoms with Crippen molar-refractivity contribution in [3.63, 3.8) is 0 Å². The topological polar surface area (TPSA) is 34.1 Å². The van der Waals surface area contributed by atoms with Gasteiger partial charge in [-0.3, -0.25) is 0 Å². The Hall–Kier alpha value is 0.0400. The summed E-state index contributed by atoms with van der Waals surface area (Å²) in [5.74, 6) is -5.90. The first-order valence-electron chi connectivity index (χ1n) is 2.56. The van der Waals surface area contributed by atoms with E-state index in [2.05, 4.69) is 21.4 Å². The molecule has 12 heteroatoms. The lowest BCUT2D eigenvalue weighted by Crippen LogP contribution is -2.42. The van der Waals surface area contributed by atoms with Crippen molar-refractivity contribution in [1.82, 2.24) is 0 Å². The van der Waals surface area contributed by atoms with E-state index in [1.807, 2.05) is 0 Å². The quantitative estimate of drug-likeness (QED) is 0.551. The third-order valence-electron chi connectivity index (χ3n) is 0.652. The summed E-state index contributed by atoms with van der Waals surface area (Å²) in [5, 5.41) is 0. The number of hydrogen-bond donors (Lipinski definition) is 0. The zero-order chi connectivity index (χ0) is 13.1. The second-order valence-electron chi connectivity index (χ2n) is 1.80. The Morgan fingerprint density at radius 1 is 0.933 bits per heavy atom. The maximum Gasteiger partial charge on any atom is 0.459 e. The molecular formula is C3HCl2F7O2S. The summed E-state index contributed by atoms with van der Waals surface area (Å²) in [6.45, 7) is 0. The summed E-state index contributed by atoms with van der Waals surface area (Å²) in [4.78, 5) is 0. The van der Waals surface area contributed by atoms with Crippen LogP contribution in [0.5, 0.6) is 0 Å². The minimum Gasteiger partial charge on any atom is -0.203 e. The average molecular weight is 305 g/mol. The predicted octanol–water partition coefficient (Wildman–Crippen LogP) is 3.16. The van der Waals surface area contributed by atoms with Crippen molar-refractivity contribution in [3.05, 3.63) is 0 Å². The van der Waals surface area contributed by atoms with Crippen LogP contribution >= 0.6 is 21.4 Å². The second kappa shape index (κ2) is 5.39. The van der Waals surface area contributed by atoms with Crippen LogP contribution in [0.25, 0.3) is 0 Å².